The molecule has 0 radical (unpaired) electrons. The van der Waals surface area contributed by atoms with Crippen LogP contribution in [-0.2, 0) is 9.53 Å². The fourth-order valence-electron chi connectivity index (χ4n) is 2.84. The number of ether oxygens (including phenoxy) is 1. The predicted octanol–water partition coefficient (Wildman–Crippen LogP) is 3.33. The second-order valence-electron chi connectivity index (χ2n) is 5.92. The molecule has 1 fully saturated rings. The number of amides is 1. The summed E-state index contributed by atoms with van der Waals surface area (Å²) < 4.78 is 6.40. The summed E-state index contributed by atoms with van der Waals surface area (Å²) in [5.41, 5.74) is 1.97. The van der Waals surface area contributed by atoms with Crippen molar-refractivity contribution in [3.63, 3.8) is 0 Å². The van der Waals surface area contributed by atoms with Gasteiger partial charge in [0.1, 0.15) is 0 Å². The van der Waals surface area contributed by atoms with E-state index in [0.29, 0.717) is 18.0 Å². The van der Waals surface area contributed by atoms with Gasteiger partial charge in [-0.1, -0.05) is 29.9 Å². The number of fused-ring (bicyclic) bond motifs is 1. The van der Waals surface area contributed by atoms with Crippen molar-refractivity contribution in [2.75, 3.05) is 44.3 Å². The van der Waals surface area contributed by atoms with Crippen molar-refractivity contribution in [2.24, 2.45) is 0 Å². The average molecular weight is 368 g/mol. The Balaban J connectivity index is 1.82. The van der Waals surface area contributed by atoms with Crippen LogP contribution in [-0.4, -0.2) is 55.2 Å². The Bertz CT molecular complexity index is 728. The Hall–Kier alpha value is -1.21. The SMILES string of the molecule is CCC(=O)N(CCN1CCOCC1)c1nc2c(C)cc(Cl)cc2s1. The van der Waals surface area contributed by atoms with Gasteiger partial charge in [-0.3, -0.25) is 14.6 Å². The van der Waals surface area contributed by atoms with E-state index in [1.807, 2.05) is 30.9 Å². The first-order chi connectivity index (χ1) is 11.6. The Morgan fingerprint density at radius 3 is 2.88 bits per heavy atom. The molecular formula is C17H22ClN3O2S. The number of rotatable bonds is 5. The second kappa shape index (κ2) is 7.78. The molecule has 2 aromatic rings. The first kappa shape index (κ1) is 17.6. The van der Waals surface area contributed by atoms with Gasteiger partial charge in [-0.2, -0.15) is 0 Å². The Kier molecular flexibility index (Phi) is 5.71. The highest BCUT2D eigenvalue weighted by atomic mass is 35.5. The van der Waals surface area contributed by atoms with Gasteiger partial charge in [0.25, 0.3) is 0 Å². The van der Waals surface area contributed by atoms with Crippen LogP contribution in [0.2, 0.25) is 5.02 Å². The third-order valence-electron chi connectivity index (χ3n) is 4.22. The van der Waals surface area contributed by atoms with E-state index in [-0.39, 0.29) is 5.91 Å². The van der Waals surface area contributed by atoms with Crippen LogP contribution in [0.4, 0.5) is 5.13 Å². The van der Waals surface area contributed by atoms with Crippen molar-refractivity contribution < 1.29 is 9.53 Å². The number of benzene rings is 1. The molecule has 0 spiro atoms. The normalized spacial score (nSPS) is 15.8. The summed E-state index contributed by atoms with van der Waals surface area (Å²) in [4.78, 5) is 21.3. The molecule has 2 heterocycles. The molecule has 1 aliphatic rings. The van der Waals surface area contributed by atoms with Crippen LogP contribution in [0.25, 0.3) is 10.2 Å². The van der Waals surface area contributed by atoms with E-state index in [1.165, 1.54) is 11.3 Å². The number of morpholine rings is 1. The molecule has 0 bridgehead atoms. The first-order valence-electron chi connectivity index (χ1n) is 8.25. The number of aryl methyl sites for hydroxylation is 1. The maximum absolute atomic E-state index is 12.4. The van der Waals surface area contributed by atoms with Gasteiger partial charge in [-0.05, 0) is 24.6 Å². The van der Waals surface area contributed by atoms with Crippen molar-refractivity contribution in [1.82, 2.24) is 9.88 Å². The molecule has 1 amide bonds. The van der Waals surface area contributed by atoms with E-state index in [0.717, 1.165) is 53.8 Å². The highest BCUT2D eigenvalue weighted by molar-refractivity contribution is 7.22. The number of hydrogen-bond acceptors (Lipinski definition) is 5. The molecule has 5 nitrogen and oxygen atoms in total. The molecule has 0 saturated carbocycles. The van der Waals surface area contributed by atoms with Crippen LogP contribution < -0.4 is 4.90 Å². The van der Waals surface area contributed by atoms with Gasteiger partial charge < -0.3 is 4.74 Å². The van der Waals surface area contributed by atoms with Gasteiger partial charge in [0.2, 0.25) is 5.91 Å². The minimum absolute atomic E-state index is 0.103. The molecule has 0 N–H and O–H groups in total. The van der Waals surface area contributed by atoms with E-state index in [9.17, 15) is 4.79 Å². The number of nitrogens with zero attached hydrogens (tertiary/aromatic N) is 3. The van der Waals surface area contributed by atoms with E-state index in [2.05, 4.69) is 4.90 Å². The molecule has 130 valence electrons. The average Bonchev–Trinajstić information content (AvgIpc) is 2.99. The molecular weight excluding hydrogens is 346 g/mol. The van der Waals surface area contributed by atoms with E-state index < -0.39 is 0 Å². The second-order valence-corrected chi connectivity index (χ2v) is 7.36. The minimum Gasteiger partial charge on any atom is -0.379 e. The smallest absolute Gasteiger partial charge is 0.228 e. The maximum atomic E-state index is 12.4. The zero-order valence-corrected chi connectivity index (χ0v) is 15.6. The Labute approximate surface area is 151 Å². The van der Waals surface area contributed by atoms with Crippen molar-refractivity contribution in [2.45, 2.75) is 20.3 Å². The summed E-state index contributed by atoms with van der Waals surface area (Å²) in [5, 5.41) is 1.47. The van der Waals surface area contributed by atoms with Crippen molar-refractivity contribution >= 4 is 44.2 Å². The highest BCUT2D eigenvalue weighted by Gasteiger charge is 2.21. The van der Waals surface area contributed by atoms with Crippen LogP contribution in [0.15, 0.2) is 12.1 Å². The fourth-order valence-corrected chi connectivity index (χ4v) is 4.31. The molecule has 1 aromatic heterocycles. The summed E-state index contributed by atoms with van der Waals surface area (Å²) in [6.07, 6.45) is 0.471. The molecule has 1 aliphatic heterocycles. The van der Waals surface area contributed by atoms with Gasteiger partial charge >= 0.3 is 0 Å². The largest absolute Gasteiger partial charge is 0.379 e. The summed E-state index contributed by atoms with van der Waals surface area (Å²) in [6.45, 7) is 8.74. The van der Waals surface area contributed by atoms with E-state index in [4.69, 9.17) is 21.3 Å². The third kappa shape index (κ3) is 3.88. The Morgan fingerprint density at radius 2 is 2.17 bits per heavy atom. The van der Waals surface area contributed by atoms with Crippen LogP contribution in [0.1, 0.15) is 18.9 Å². The molecule has 3 rings (SSSR count). The van der Waals surface area contributed by atoms with E-state index >= 15 is 0 Å². The number of anilines is 1. The molecule has 1 aromatic carbocycles. The van der Waals surface area contributed by atoms with Gasteiger partial charge in [0.15, 0.2) is 5.13 Å². The van der Waals surface area contributed by atoms with Gasteiger partial charge in [-0.25, -0.2) is 4.98 Å². The molecule has 0 atom stereocenters. The minimum atomic E-state index is 0.103. The van der Waals surface area contributed by atoms with Crippen LogP contribution in [0.3, 0.4) is 0 Å². The lowest BCUT2D eigenvalue weighted by atomic mass is 10.2. The molecule has 24 heavy (non-hydrogen) atoms. The number of carbonyl (C=O) groups is 1. The van der Waals surface area contributed by atoms with E-state index in [1.54, 1.807) is 0 Å². The molecule has 0 aliphatic carbocycles. The van der Waals surface area contributed by atoms with Crippen LogP contribution >= 0.6 is 22.9 Å². The maximum Gasteiger partial charge on any atom is 0.228 e. The monoisotopic (exact) mass is 367 g/mol. The lowest BCUT2D eigenvalue weighted by molar-refractivity contribution is -0.118. The van der Waals surface area contributed by atoms with Crippen LogP contribution in [0.5, 0.6) is 0 Å². The highest BCUT2D eigenvalue weighted by Crippen LogP contribution is 2.33. The fraction of sp³-hybridized carbons (Fsp3) is 0.529. The summed E-state index contributed by atoms with van der Waals surface area (Å²) >= 11 is 7.68. The summed E-state index contributed by atoms with van der Waals surface area (Å²) in [5.74, 6) is 0.103. The molecule has 0 unspecified atom stereocenters. The quantitative estimate of drug-likeness (QED) is 0.813. The molecule has 7 heteroatoms. The van der Waals surface area contributed by atoms with Crippen LogP contribution in [0, 0.1) is 6.92 Å². The topological polar surface area (TPSA) is 45.7 Å². The predicted molar refractivity (Wildman–Crippen MR) is 99.3 cm³/mol. The zero-order chi connectivity index (χ0) is 17.1. The third-order valence-corrected chi connectivity index (χ3v) is 5.46. The standard InChI is InChI=1S/C17H22ClN3O2S/c1-3-15(22)21(5-4-20-6-8-23-9-7-20)17-19-16-12(2)10-13(18)11-14(16)24-17/h10-11H,3-9H2,1-2H3. The van der Waals surface area contributed by atoms with Crippen molar-refractivity contribution in [1.29, 1.82) is 0 Å². The number of carbonyl (C=O) groups excluding carboxylic acids is 1. The Morgan fingerprint density at radius 1 is 1.42 bits per heavy atom. The summed E-state index contributed by atoms with van der Waals surface area (Å²) in [7, 11) is 0. The number of aromatic nitrogens is 1. The molecule has 1 saturated heterocycles. The lowest BCUT2D eigenvalue weighted by Crippen LogP contribution is -2.43. The van der Waals surface area contributed by atoms with Gasteiger partial charge in [0, 0.05) is 37.6 Å². The van der Waals surface area contributed by atoms with Gasteiger partial charge in [0.05, 0.1) is 23.4 Å². The lowest BCUT2D eigenvalue weighted by Gasteiger charge is -2.29. The number of hydrogen-bond donors (Lipinski definition) is 0. The van der Waals surface area contributed by atoms with Crippen molar-refractivity contribution in [3.05, 3.63) is 22.7 Å². The van der Waals surface area contributed by atoms with Crippen molar-refractivity contribution in [3.8, 4) is 0 Å². The zero-order valence-electron chi connectivity index (χ0n) is 14.0. The summed E-state index contributed by atoms with van der Waals surface area (Å²) in [6, 6.07) is 3.83. The first-order valence-corrected chi connectivity index (χ1v) is 9.45. The number of thiazole rings is 1. The number of halogens is 1. The van der Waals surface area contributed by atoms with Gasteiger partial charge in [-0.15, -0.1) is 0 Å².